The van der Waals surface area contributed by atoms with E-state index in [9.17, 15) is 0 Å². The molecule has 0 amide bonds. The van der Waals surface area contributed by atoms with E-state index in [1.165, 1.54) is 48.9 Å². The van der Waals surface area contributed by atoms with E-state index in [-0.39, 0.29) is 0 Å². The highest BCUT2D eigenvalue weighted by atomic mass is 16.5. The summed E-state index contributed by atoms with van der Waals surface area (Å²) >= 11 is 0. The summed E-state index contributed by atoms with van der Waals surface area (Å²) in [5.41, 5.74) is 4.01. The zero-order valence-corrected chi connectivity index (χ0v) is 13.1. The zero-order valence-electron chi connectivity index (χ0n) is 13.1. The van der Waals surface area contributed by atoms with Gasteiger partial charge in [0.2, 0.25) is 0 Å². The molecule has 1 aromatic carbocycles. The Morgan fingerprint density at radius 2 is 1.95 bits per heavy atom. The third-order valence-electron chi connectivity index (χ3n) is 5.86. The van der Waals surface area contributed by atoms with E-state index in [1.807, 2.05) is 7.11 Å². The van der Waals surface area contributed by atoms with Gasteiger partial charge in [-0.15, -0.1) is 0 Å². The SMILES string of the molecule is COc1cc2c(cc1C1CC3CCC(C1)N3C)[N]CCC2. The summed E-state index contributed by atoms with van der Waals surface area (Å²) in [5.74, 6) is 1.75. The van der Waals surface area contributed by atoms with Crippen molar-refractivity contribution in [3.63, 3.8) is 0 Å². The summed E-state index contributed by atoms with van der Waals surface area (Å²) < 4.78 is 5.73. The Labute approximate surface area is 127 Å². The number of aryl methyl sites for hydroxylation is 1. The fourth-order valence-corrected chi connectivity index (χ4v) is 4.60. The molecule has 0 spiro atoms. The van der Waals surface area contributed by atoms with Gasteiger partial charge in [-0.1, -0.05) is 0 Å². The van der Waals surface area contributed by atoms with Gasteiger partial charge in [0.05, 0.1) is 12.8 Å². The normalized spacial score (nSPS) is 31.6. The second-order valence-corrected chi connectivity index (χ2v) is 6.93. The van der Waals surface area contributed by atoms with Gasteiger partial charge < -0.3 is 9.64 Å². The molecule has 2 fully saturated rings. The molecule has 0 aromatic heterocycles. The van der Waals surface area contributed by atoms with E-state index < -0.39 is 0 Å². The summed E-state index contributed by atoms with van der Waals surface area (Å²) in [6.07, 6.45) is 7.62. The van der Waals surface area contributed by atoms with E-state index in [0.29, 0.717) is 5.92 Å². The van der Waals surface area contributed by atoms with Crippen LogP contribution in [0.2, 0.25) is 0 Å². The van der Waals surface area contributed by atoms with Crippen LogP contribution in [0.4, 0.5) is 5.69 Å². The van der Waals surface area contributed by atoms with Crippen molar-refractivity contribution in [1.29, 1.82) is 0 Å². The molecule has 1 radical (unpaired) electrons. The van der Waals surface area contributed by atoms with Crippen LogP contribution in [0.3, 0.4) is 0 Å². The highest BCUT2D eigenvalue weighted by molar-refractivity contribution is 5.56. The largest absolute Gasteiger partial charge is 0.496 e. The quantitative estimate of drug-likeness (QED) is 0.834. The molecule has 2 bridgehead atoms. The molecule has 0 aliphatic carbocycles. The van der Waals surface area contributed by atoms with Crippen molar-refractivity contribution in [2.75, 3.05) is 20.7 Å². The maximum atomic E-state index is 5.73. The Morgan fingerprint density at radius 1 is 1.19 bits per heavy atom. The van der Waals surface area contributed by atoms with Gasteiger partial charge in [0, 0.05) is 18.6 Å². The number of fused-ring (bicyclic) bond motifs is 3. The van der Waals surface area contributed by atoms with Gasteiger partial charge in [0.1, 0.15) is 5.75 Å². The molecule has 113 valence electrons. The van der Waals surface area contributed by atoms with Crippen LogP contribution in [-0.4, -0.2) is 37.7 Å². The zero-order chi connectivity index (χ0) is 14.4. The summed E-state index contributed by atoms with van der Waals surface area (Å²) in [5, 5.41) is 4.73. The minimum Gasteiger partial charge on any atom is -0.496 e. The lowest BCUT2D eigenvalue weighted by atomic mass is 9.83. The Morgan fingerprint density at radius 3 is 2.67 bits per heavy atom. The molecule has 2 atom stereocenters. The third-order valence-corrected chi connectivity index (χ3v) is 5.86. The average Bonchev–Trinajstić information content (AvgIpc) is 2.75. The van der Waals surface area contributed by atoms with Gasteiger partial charge in [-0.3, -0.25) is 5.32 Å². The van der Waals surface area contributed by atoms with Crippen molar-refractivity contribution in [3.8, 4) is 5.75 Å². The number of nitrogens with zero attached hydrogens (tertiary/aromatic N) is 2. The van der Waals surface area contributed by atoms with Crippen LogP contribution in [-0.2, 0) is 6.42 Å². The number of benzene rings is 1. The van der Waals surface area contributed by atoms with E-state index >= 15 is 0 Å². The third kappa shape index (κ3) is 2.22. The summed E-state index contributed by atoms with van der Waals surface area (Å²) in [6.45, 7) is 0.984. The van der Waals surface area contributed by atoms with E-state index in [4.69, 9.17) is 10.1 Å². The predicted molar refractivity (Wildman–Crippen MR) is 84.5 cm³/mol. The molecule has 3 aliphatic rings. The van der Waals surface area contributed by atoms with E-state index in [1.54, 1.807) is 0 Å². The number of piperidine rings is 1. The molecular weight excluding hydrogens is 260 g/mol. The highest BCUT2D eigenvalue weighted by Crippen LogP contribution is 2.46. The Bertz CT molecular complexity index is 528. The van der Waals surface area contributed by atoms with Crippen LogP contribution in [0.5, 0.6) is 5.75 Å². The van der Waals surface area contributed by atoms with Gasteiger partial charge in [0.25, 0.3) is 0 Å². The van der Waals surface area contributed by atoms with Crippen LogP contribution >= 0.6 is 0 Å². The molecule has 2 unspecified atom stereocenters. The van der Waals surface area contributed by atoms with Crippen LogP contribution in [0.15, 0.2) is 12.1 Å². The monoisotopic (exact) mass is 285 g/mol. The van der Waals surface area contributed by atoms with Gasteiger partial charge in [-0.2, -0.15) is 0 Å². The lowest BCUT2D eigenvalue weighted by molar-refractivity contribution is 0.160. The highest BCUT2D eigenvalue weighted by Gasteiger charge is 2.39. The fourth-order valence-electron chi connectivity index (χ4n) is 4.60. The molecule has 3 aliphatic heterocycles. The molecule has 2 saturated heterocycles. The first-order valence-corrected chi connectivity index (χ1v) is 8.36. The Hall–Kier alpha value is -1.22. The number of hydrogen-bond donors (Lipinski definition) is 0. The first-order valence-electron chi connectivity index (χ1n) is 8.36. The summed E-state index contributed by atoms with van der Waals surface area (Å²) in [7, 11) is 4.12. The first kappa shape index (κ1) is 13.4. The standard InChI is InChI=1S/C18H25N2O/c1-20-14-5-6-15(20)9-13(8-14)16-11-17-12(4-3-7-19-17)10-18(16)21-2/h10-11,13-15H,3-9H2,1-2H3. The van der Waals surface area contributed by atoms with Gasteiger partial charge in [-0.25, -0.2) is 0 Å². The van der Waals surface area contributed by atoms with Crippen LogP contribution < -0.4 is 10.1 Å². The maximum absolute atomic E-state index is 5.73. The van der Waals surface area contributed by atoms with Crippen molar-refractivity contribution < 1.29 is 4.74 Å². The molecular formula is C18H25N2O. The number of rotatable bonds is 2. The van der Waals surface area contributed by atoms with Crippen LogP contribution in [0.25, 0.3) is 0 Å². The van der Waals surface area contributed by atoms with Crippen molar-refractivity contribution in [1.82, 2.24) is 10.2 Å². The van der Waals surface area contributed by atoms with Gasteiger partial charge >= 0.3 is 0 Å². The second-order valence-electron chi connectivity index (χ2n) is 6.93. The number of ether oxygens (including phenoxy) is 1. The fraction of sp³-hybridized carbons (Fsp3) is 0.667. The second kappa shape index (κ2) is 5.20. The topological polar surface area (TPSA) is 26.6 Å². The molecule has 0 N–H and O–H groups in total. The van der Waals surface area contributed by atoms with E-state index in [2.05, 4.69) is 24.1 Å². The average molecular weight is 285 g/mol. The lowest BCUT2D eigenvalue weighted by Crippen LogP contribution is -2.39. The van der Waals surface area contributed by atoms with Crippen LogP contribution in [0.1, 0.15) is 49.1 Å². The molecule has 3 heteroatoms. The number of hydrogen-bond acceptors (Lipinski definition) is 2. The van der Waals surface area contributed by atoms with Crippen LogP contribution in [0, 0.1) is 0 Å². The predicted octanol–water partition coefficient (Wildman–Crippen LogP) is 3.22. The molecule has 3 heterocycles. The molecule has 1 aromatic rings. The van der Waals surface area contributed by atoms with Gasteiger partial charge in [-0.05, 0) is 74.8 Å². The Kier molecular flexibility index (Phi) is 3.33. The van der Waals surface area contributed by atoms with Crippen molar-refractivity contribution in [2.45, 2.75) is 56.5 Å². The maximum Gasteiger partial charge on any atom is 0.122 e. The Balaban J connectivity index is 1.68. The lowest BCUT2D eigenvalue weighted by Gasteiger charge is -2.37. The summed E-state index contributed by atoms with van der Waals surface area (Å²) in [4.78, 5) is 2.60. The molecule has 4 rings (SSSR count). The van der Waals surface area contributed by atoms with E-state index in [0.717, 1.165) is 30.8 Å². The minimum absolute atomic E-state index is 0.649. The smallest absolute Gasteiger partial charge is 0.122 e. The molecule has 21 heavy (non-hydrogen) atoms. The van der Waals surface area contributed by atoms with Crippen molar-refractivity contribution in [2.24, 2.45) is 0 Å². The van der Waals surface area contributed by atoms with Gasteiger partial charge in [0.15, 0.2) is 0 Å². The molecule has 3 nitrogen and oxygen atoms in total. The van der Waals surface area contributed by atoms with Crippen molar-refractivity contribution in [3.05, 3.63) is 23.3 Å². The minimum atomic E-state index is 0.649. The first-order chi connectivity index (χ1) is 10.3. The number of methoxy groups -OCH3 is 1. The van der Waals surface area contributed by atoms with Crippen molar-refractivity contribution >= 4 is 5.69 Å². The summed E-state index contributed by atoms with van der Waals surface area (Å²) in [6, 6.07) is 6.13. The molecule has 0 saturated carbocycles.